The normalized spacial score (nSPS) is 10.5. The fourth-order valence-electron chi connectivity index (χ4n) is 1.20. The second kappa shape index (κ2) is 2.97. The molecule has 4 heteroatoms. The monoisotopic (exact) mass is 175 g/mol. The molecule has 0 saturated heterocycles. The van der Waals surface area contributed by atoms with E-state index in [9.17, 15) is 4.79 Å². The van der Waals surface area contributed by atoms with Gasteiger partial charge < -0.3 is 0 Å². The van der Waals surface area contributed by atoms with E-state index in [0.29, 0.717) is 11.2 Å². The molecule has 2 rings (SSSR count). The molecule has 0 amide bonds. The molecule has 66 valence electrons. The Labute approximate surface area is 75.2 Å². The van der Waals surface area contributed by atoms with Gasteiger partial charge in [-0.25, -0.2) is 9.50 Å². The Hall–Kier alpha value is -1.71. The minimum Gasteiger partial charge on any atom is -0.298 e. The van der Waals surface area contributed by atoms with Crippen LogP contribution >= 0.6 is 0 Å². The fraction of sp³-hybridized carbons (Fsp3) is 0.222. The van der Waals surface area contributed by atoms with Crippen molar-refractivity contribution in [1.82, 2.24) is 14.6 Å². The molecule has 0 radical (unpaired) electrons. The van der Waals surface area contributed by atoms with Crippen molar-refractivity contribution in [2.75, 3.05) is 0 Å². The maximum absolute atomic E-state index is 10.5. The Morgan fingerprint density at radius 3 is 3.08 bits per heavy atom. The molecule has 0 aliphatic heterocycles. The maximum atomic E-state index is 10.5. The Kier molecular flexibility index (Phi) is 1.81. The van der Waals surface area contributed by atoms with Crippen LogP contribution in [0, 0.1) is 0 Å². The third kappa shape index (κ3) is 1.20. The van der Waals surface area contributed by atoms with Gasteiger partial charge in [0.15, 0.2) is 11.9 Å². The van der Waals surface area contributed by atoms with Crippen molar-refractivity contribution in [3.63, 3.8) is 0 Å². The molecule has 0 aliphatic rings. The topological polar surface area (TPSA) is 47.3 Å². The second-order valence-corrected chi connectivity index (χ2v) is 2.80. The number of aldehydes is 1. The zero-order valence-electron chi connectivity index (χ0n) is 7.27. The van der Waals surface area contributed by atoms with Gasteiger partial charge in [0, 0.05) is 12.4 Å². The summed E-state index contributed by atoms with van der Waals surface area (Å²) in [5.41, 5.74) is 2.25. The number of aromatic nitrogens is 3. The zero-order valence-corrected chi connectivity index (χ0v) is 7.27. The summed E-state index contributed by atoms with van der Waals surface area (Å²) in [5, 5.41) is 4.02. The zero-order chi connectivity index (χ0) is 9.26. The molecule has 2 aromatic heterocycles. The third-order valence-electron chi connectivity index (χ3n) is 1.97. The van der Waals surface area contributed by atoms with Crippen LogP contribution in [0.5, 0.6) is 0 Å². The van der Waals surface area contributed by atoms with E-state index in [-0.39, 0.29) is 0 Å². The van der Waals surface area contributed by atoms with Crippen LogP contribution in [0.2, 0.25) is 0 Å². The van der Waals surface area contributed by atoms with E-state index >= 15 is 0 Å². The molecule has 2 heterocycles. The Bertz CT molecular complexity index is 447. The standard InChI is InChI=1S/C9H9N3O/c1-2-7-3-10-9-8(6-13)4-11-12(9)5-7/h3-6H,2H2,1H3. The predicted molar refractivity (Wildman–Crippen MR) is 47.8 cm³/mol. The molecule has 0 spiro atoms. The van der Waals surface area contributed by atoms with E-state index in [1.807, 2.05) is 13.1 Å². The molecule has 4 nitrogen and oxygen atoms in total. The lowest BCUT2D eigenvalue weighted by Crippen LogP contribution is -1.93. The Morgan fingerprint density at radius 2 is 2.38 bits per heavy atom. The number of aryl methyl sites for hydroxylation is 1. The Balaban J connectivity index is 2.67. The lowest BCUT2D eigenvalue weighted by molar-refractivity contribution is 0.112. The first kappa shape index (κ1) is 7.91. The quantitative estimate of drug-likeness (QED) is 0.642. The molecule has 0 saturated carbocycles. The van der Waals surface area contributed by atoms with Gasteiger partial charge >= 0.3 is 0 Å². The van der Waals surface area contributed by atoms with Gasteiger partial charge in [0.25, 0.3) is 0 Å². The van der Waals surface area contributed by atoms with E-state index in [4.69, 9.17) is 0 Å². The summed E-state index contributed by atoms with van der Waals surface area (Å²) in [6.07, 6.45) is 6.86. The van der Waals surface area contributed by atoms with Crippen molar-refractivity contribution in [2.45, 2.75) is 13.3 Å². The van der Waals surface area contributed by atoms with Crippen molar-refractivity contribution in [3.05, 3.63) is 29.7 Å². The summed E-state index contributed by atoms with van der Waals surface area (Å²) in [5.74, 6) is 0. The number of nitrogens with zero attached hydrogens (tertiary/aromatic N) is 3. The van der Waals surface area contributed by atoms with Gasteiger partial charge in [-0.15, -0.1) is 0 Å². The van der Waals surface area contributed by atoms with Gasteiger partial charge in [-0.3, -0.25) is 4.79 Å². The molecule has 0 bridgehead atoms. The van der Waals surface area contributed by atoms with Gasteiger partial charge in [0.1, 0.15) is 0 Å². The van der Waals surface area contributed by atoms with Crippen molar-refractivity contribution >= 4 is 11.9 Å². The van der Waals surface area contributed by atoms with Crippen molar-refractivity contribution in [1.29, 1.82) is 0 Å². The van der Waals surface area contributed by atoms with Crippen LogP contribution in [0.1, 0.15) is 22.8 Å². The number of carbonyl (C=O) groups is 1. The third-order valence-corrected chi connectivity index (χ3v) is 1.97. The average molecular weight is 175 g/mol. The van der Waals surface area contributed by atoms with E-state index in [2.05, 4.69) is 10.1 Å². The van der Waals surface area contributed by atoms with Gasteiger partial charge in [-0.05, 0) is 12.0 Å². The van der Waals surface area contributed by atoms with Crippen LogP contribution in [0.25, 0.3) is 5.65 Å². The van der Waals surface area contributed by atoms with Gasteiger partial charge in [0.2, 0.25) is 0 Å². The Morgan fingerprint density at radius 1 is 1.54 bits per heavy atom. The van der Waals surface area contributed by atoms with Crippen LogP contribution in [-0.2, 0) is 6.42 Å². The second-order valence-electron chi connectivity index (χ2n) is 2.80. The van der Waals surface area contributed by atoms with Gasteiger partial charge in [0.05, 0.1) is 11.8 Å². The van der Waals surface area contributed by atoms with E-state index in [0.717, 1.165) is 18.3 Å². The van der Waals surface area contributed by atoms with Gasteiger partial charge in [-0.2, -0.15) is 5.10 Å². The summed E-state index contributed by atoms with van der Waals surface area (Å²) in [4.78, 5) is 14.7. The van der Waals surface area contributed by atoms with E-state index < -0.39 is 0 Å². The molecule has 2 aromatic rings. The molecular formula is C9H9N3O. The maximum Gasteiger partial charge on any atom is 0.165 e. The van der Waals surface area contributed by atoms with Crippen LogP contribution in [-0.4, -0.2) is 20.9 Å². The smallest absolute Gasteiger partial charge is 0.165 e. The molecular weight excluding hydrogens is 166 g/mol. The summed E-state index contributed by atoms with van der Waals surface area (Å²) in [7, 11) is 0. The van der Waals surface area contributed by atoms with Crippen LogP contribution in [0.4, 0.5) is 0 Å². The molecule has 0 atom stereocenters. The lowest BCUT2D eigenvalue weighted by Gasteiger charge is -1.96. The molecule has 0 aromatic carbocycles. The minimum atomic E-state index is 0.530. The number of hydrogen-bond donors (Lipinski definition) is 0. The van der Waals surface area contributed by atoms with Crippen molar-refractivity contribution in [3.8, 4) is 0 Å². The highest BCUT2D eigenvalue weighted by Crippen LogP contribution is 2.06. The summed E-state index contributed by atoms with van der Waals surface area (Å²) in [6, 6.07) is 0. The van der Waals surface area contributed by atoms with Crippen molar-refractivity contribution < 1.29 is 4.79 Å². The summed E-state index contributed by atoms with van der Waals surface area (Å²) < 4.78 is 1.63. The average Bonchev–Trinajstić information content (AvgIpc) is 2.59. The highest BCUT2D eigenvalue weighted by atomic mass is 16.1. The molecule has 0 aliphatic carbocycles. The number of rotatable bonds is 2. The van der Waals surface area contributed by atoms with Gasteiger partial charge in [-0.1, -0.05) is 6.92 Å². The first-order valence-electron chi connectivity index (χ1n) is 4.12. The van der Waals surface area contributed by atoms with Crippen LogP contribution < -0.4 is 0 Å². The lowest BCUT2D eigenvalue weighted by atomic mass is 10.3. The fourth-order valence-corrected chi connectivity index (χ4v) is 1.20. The summed E-state index contributed by atoms with van der Waals surface area (Å²) in [6.45, 7) is 2.05. The molecule has 13 heavy (non-hydrogen) atoms. The van der Waals surface area contributed by atoms with E-state index in [1.165, 1.54) is 6.20 Å². The number of carbonyl (C=O) groups excluding carboxylic acids is 1. The SMILES string of the molecule is CCc1cnc2c(C=O)cnn2c1. The largest absolute Gasteiger partial charge is 0.298 e. The molecule has 0 N–H and O–H groups in total. The number of hydrogen-bond acceptors (Lipinski definition) is 3. The first-order valence-corrected chi connectivity index (χ1v) is 4.12. The summed E-state index contributed by atoms with van der Waals surface area (Å²) >= 11 is 0. The minimum absolute atomic E-state index is 0.530. The first-order chi connectivity index (χ1) is 6.35. The highest BCUT2D eigenvalue weighted by molar-refractivity contribution is 5.83. The van der Waals surface area contributed by atoms with Crippen LogP contribution in [0.3, 0.4) is 0 Å². The number of fused-ring (bicyclic) bond motifs is 1. The molecule has 0 unspecified atom stereocenters. The van der Waals surface area contributed by atoms with Crippen LogP contribution in [0.15, 0.2) is 18.6 Å². The van der Waals surface area contributed by atoms with E-state index in [1.54, 1.807) is 10.7 Å². The predicted octanol–water partition coefficient (Wildman–Crippen LogP) is 1.10. The molecule has 0 fully saturated rings. The highest BCUT2D eigenvalue weighted by Gasteiger charge is 2.03. The van der Waals surface area contributed by atoms with Crippen molar-refractivity contribution in [2.24, 2.45) is 0 Å².